The molecule has 0 aromatic heterocycles. The van der Waals surface area contributed by atoms with Crippen LogP contribution in [0.4, 0.5) is 5.69 Å². The summed E-state index contributed by atoms with van der Waals surface area (Å²) in [6.07, 6.45) is 1.58. The number of aliphatic imine (C=N–C) groups is 1. The lowest BCUT2D eigenvalue weighted by Crippen LogP contribution is -2.07. The maximum absolute atomic E-state index is 11.3. The van der Waals surface area contributed by atoms with Crippen molar-refractivity contribution in [1.82, 2.24) is 4.90 Å². The van der Waals surface area contributed by atoms with Crippen molar-refractivity contribution in [3.63, 3.8) is 0 Å². The number of nitrogens with zero attached hydrogens (tertiary/aromatic N) is 2. The predicted octanol–water partition coefficient (Wildman–Crippen LogP) is 2.77. The first-order chi connectivity index (χ1) is 9.51. The Morgan fingerprint density at radius 1 is 1.25 bits per heavy atom. The summed E-state index contributed by atoms with van der Waals surface area (Å²) >= 11 is 0. The molecule has 20 heavy (non-hydrogen) atoms. The van der Waals surface area contributed by atoms with Gasteiger partial charge in [0, 0.05) is 14.1 Å². The number of aromatic carboxylic acids is 1. The number of methoxy groups -OCH3 is 1. The van der Waals surface area contributed by atoms with Crippen LogP contribution in [0, 0.1) is 0 Å². The number of carbonyl (C=O) groups is 1. The van der Waals surface area contributed by atoms with Gasteiger partial charge in [0.1, 0.15) is 5.75 Å². The molecular weight excluding hydrogens is 256 g/mol. The fraction of sp³-hybridized carbons (Fsp3) is 0.200. The number of fused-ring (bicyclic) bond motifs is 1. The minimum absolute atomic E-state index is 0.170. The maximum Gasteiger partial charge on any atom is 0.337 e. The topological polar surface area (TPSA) is 62.1 Å². The fourth-order valence-corrected chi connectivity index (χ4v) is 1.85. The van der Waals surface area contributed by atoms with E-state index in [4.69, 9.17) is 4.74 Å². The van der Waals surface area contributed by atoms with Crippen LogP contribution < -0.4 is 4.74 Å². The Morgan fingerprint density at radius 2 is 2.00 bits per heavy atom. The summed E-state index contributed by atoms with van der Waals surface area (Å²) in [4.78, 5) is 17.3. The molecule has 0 spiro atoms. The monoisotopic (exact) mass is 272 g/mol. The Bertz CT molecular complexity index is 678. The van der Waals surface area contributed by atoms with E-state index >= 15 is 0 Å². The molecule has 0 atom stereocenters. The second-order valence-electron chi connectivity index (χ2n) is 4.60. The molecule has 0 fully saturated rings. The van der Waals surface area contributed by atoms with Crippen molar-refractivity contribution >= 4 is 28.8 Å². The van der Waals surface area contributed by atoms with Gasteiger partial charge in [-0.3, -0.25) is 0 Å². The molecule has 2 rings (SSSR count). The van der Waals surface area contributed by atoms with Crippen LogP contribution in [0.2, 0.25) is 0 Å². The number of carboxylic acid groups (broad SMARTS) is 1. The van der Waals surface area contributed by atoms with Gasteiger partial charge >= 0.3 is 5.97 Å². The highest BCUT2D eigenvalue weighted by Gasteiger charge is 2.11. The Balaban J connectivity index is 2.61. The van der Waals surface area contributed by atoms with E-state index < -0.39 is 5.97 Å². The first-order valence-corrected chi connectivity index (χ1v) is 6.07. The molecule has 0 radical (unpaired) electrons. The fourth-order valence-electron chi connectivity index (χ4n) is 1.85. The molecule has 2 aromatic carbocycles. The molecule has 0 saturated heterocycles. The molecule has 0 aliphatic heterocycles. The van der Waals surface area contributed by atoms with E-state index in [9.17, 15) is 9.90 Å². The molecule has 0 unspecified atom stereocenters. The highest BCUT2D eigenvalue weighted by Crippen LogP contribution is 2.29. The molecule has 1 N–H and O–H groups in total. The zero-order valence-corrected chi connectivity index (χ0v) is 11.6. The van der Waals surface area contributed by atoms with Crippen LogP contribution in [0.3, 0.4) is 0 Å². The van der Waals surface area contributed by atoms with Gasteiger partial charge in [-0.1, -0.05) is 6.07 Å². The molecule has 0 heterocycles. The summed E-state index contributed by atoms with van der Waals surface area (Å²) in [5, 5.41) is 11.0. The van der Waals surface area contributed by atoms with Crippen molar-refractivity contribution in [2.24, 2.45) is 4.99 Å². The normalized spacial score (nSPS) is 10.9. The Morgan fingerprint density at radius 3 is 2.60 bits per heavy atom. The molecule has 2 aromatic rings. The first kappa shape index (κ1) is 13.9. The van der Waals surface area contributed by atoms with Crippen molar-refractivity contribution in [3.05, 3.63) is 35.9 Å². The smallest absolute Gasteiger partial charge is 0.337 e. The lowest BCUT2D eigenvalue weighted by atomic mass is 10.0. The predicted molar refractivity (Wildman–Crippen MR) is 79.3 cm³/mol. The minimum atomic E-state index is -0.999. The highest BCUT2D eigenvalue weighted by molar-refractivity contribution is 6.01. The van der Waals surface area contributed by atoms with Gasteiger partial charge < -0.3 is 14.7 Å². The summed E-state index contributed by atoms with van der Waals surface area (Å²) in [5.41, 5.74) is 0.604. The standard InChI is InChI=1S/C15H16N2O3/c1-17(2)9-16-14-8-10-4-5-12(20-3)6-11(10)7-13(14)15(18)19/h4-9H,1-3H3,(H,18,19). The summed E-state index contributed by atoms with van der Waals surface area (Å²) < 4.78 is 5.15. The Kier molecular flexibility index (Phi) is 3.89. The molecule has 5 heteroatoms. The molecule has 0 aliphatic rings. The van der Waals surface area contributed by atoms with E-state index in [0.717, 1.165) is 10.8 Å². The third kappa shape index (κ3) is 2.88. The summed E-state index contributed by atoms with van der Waals surface area (Å²) in [7, 11) is 5.24. The van der Waals surface area contributed by atoms with Crippen molar-refractivity contribution in [2.45, 2.75) is 0 Å². The van der Waals surface area contributed by atoms with E-state index in [0.29, 0.717) is 11.4 Å². The van der Waals surface area contributed by atoms with E-state index in [1.807, 2.05) is 26.2 Å². The molecular formula is C15H16N2O3. The van der Waals surface area contributed by atoms with Crippen molar-refractivity contribution in [2.75, 3.05) is 21.2 Å². The van der Waals surface area contributed by atoms with Gasteiger partial charge in [0.15, 0.2) is 0 Å². The van der Waals surface area contributed by atoms with Crippen molar-refractivity contribution in [1.29, 1.82) is 0 Å². The number of rotatable bonds is 4. The number of hydrogen-bond donors (Lipinski definition) is 1. The molecule has 0 bridgehead atoms. The average Bonchev–Trinajstić information content (AvgIpc) is 2.43. The summed E-state index contributed by atoms with van der Waals surface area (Å²) in [6, 6.07) is 8.90. The number of ether oxygens (including phenoxy) is 1. The second kappa shape index (κ2) is 5.61. The van der Waals surface area contributed by atoms with Crippen LogP contribution >= 0.6 is 0 Å². The quantitative estimate of drug-likeness (QED) is 0.686. The van der Waals surface area contributed by atoms with Gasteiger partial charge in [0.2, 0.25) is 0 Å². The van der Waals surface area contributed by atoms with E-state index in [1.54, 1.807) is 36.5 Å². The Hall–Kier alpha value is -2.56. The van der Waals surface area contributed by atoms with Crippen LogP contribution in [-0.4, -0.2) is 43.5 Å². The zero-order chi connectivity index (χ0) is 14.7. The molecule has 5 nitrogen and oxygen atoms in total. The van der Waals surface area contributed by atoms with E-state index in [2.05, 4.69) is 4.99 Å². The van der Waals surface area contributed by atoms with Gasteiger partial charge in [-0.25, -0.2) is 9.79 Å². The van der Waals surface area contributed by atoms with E-state index in [1.165, 1.54) is 0 Å². The molecule has 0 saturated carbocycles. The zero-order valence-electron chi connectivity index (χ0n) is 11.6. The number of hydrogen-bond acceptors (Lipinski definition) is 3. The highest BCUT2D eigenvalue weighted by atomic mass is 16.5. The third-order valence-corrected chi connectivity index (χ3v) is 2.82. The minimum Gasteiger partial charge on any atom is -0.497 e. The average molecular weight is 272 g/mol. The van der Waals surface area contributed by atoms with Crippen LogP contribution in [0.25, 0.3) is 10.8 Å². The van der Waals surface area contributed by atoms with E-state index in [-0.39, 0.29) is 5.56 Å². The lowest BCUT2D eigenvalue weighted by molar-refractivity contribution is 0.0698. The number of carboxylic acids is 1. The second-order valence-corrected chi connectivity index (χ2v) is 4.60. The molecule has 0 aliphatic carbocycles. The molecule has 0 amide bonds. The van der Waals surface area contributed by atoms with Gasteiger partial charge in [-0.15, -0.1) is 0 Å². The van der Waals surface area contributed by atoms with Crippen molar-refractivity contribution < 1.29 is 14.6 Å². The van der Waals surface area contributed by atoms with Crippen LogP contribution in [0.5, 0.6) is 5.75 Å². The third-order valence-electron chi connectivity index (χ3n) is 2.82. The SMILES string of the molecule is COc1ccc2cc(N=CN(C)C)c(C(=O)O)cc2c1. The maximum atomic E-state index is 11.3. The van der Waals surface area contributed by atoms with Crippen molar-refractivity contribution in [3.8, 4) is 5.75 Å². The van der Waals surface area contributed by atoms with Crippen LogP contribution in [0.15, 0.2) is 35.3 Å². The molecule has 104 valence electrons. The largest absolute Gasteiger partial charge is 0.497 e. The van der Waals surface area contributed by atoms with Gasteiger partial charge in [-0.2, -0.15) is 0 Å². The van der Waals surface area contributed by atoms with Gasteiger partial charge in [0.05, 0.1) is 24.7 Å². The first-order valence-electron chi connectivity index (χ1n) is 6.07. The number of benzene rings is 2. The lowest BCUT2D eigenvalue weighted by Gasteiger charge is -2.08. The summed E-state index contributed by atoms with van der Waals surface area (Å²) in [6.45, 7) is 0. The van der Waals surface area contributed by atoms with Crippen LogP contribution in [0.1, 0.15) is 10.4 Å². The Labute approximate surface area is 117 Å². The van der Waals surface area contributed by atoms with Crippen LogP contribution in [-0.2, 0) is 0 Å². The van der Waals surface area contributed by atoms with Gasteiger partial charge in [-0.05, 0) is 35.0 Å². The summed E-state index contributed by atoms with van der Waals surface area (Å²) in [5.74, 6) is -0.306. The van der Waals surface area contributed by atoms with Gasteiger partial charge in [0.25, 0.3) is 0 Å².